The van der Waals surface area contributed by atoms with Crippen LogP contribution in [0, 0.1) is 13.8 Å². The molecule has 1 heterocycles. The molecule has 0 aromatic heterocycles. The molecule has 112 valence electrons. The first-order valence-electron chi connectivity index (χ1n) is 6.88. The normalized spacial score (nSPS) is 19.2. The topological polar surface area (TPSA) is 44.4 Å². The van der Waals surface area contributed by atoms with E-state index in [-0.39, 0.29) is 18.3 Å². The van der Waals surface area contributed by atoms with Gasteiger partial charge in [0.15, 0.2) is 0 Å². The summed E-state index contributed by atoms with van der Waals surface area (Å²) in [5.74, 6) is 0.0701. The van der Waals surface area contributed by atoms with E-state index >= 15 is 0 Å². The van der Waals surface area contributed by atoms with E-state index in [9.17, 15) is 4.79 Å². The van der Waals surface area contributed by atoms with Crippen molar-refractivity contribution < 1.29 is 4.79 Å². The Morgan fingerprint density at radius 2 is 2.20 bits per heavy atom. The van der Waals surface area contributed by atoms with E-state index in [2.05, 4.69) is 35.4 Å². The van der Waals surface area contributed by atoms with Crippen LogP contribution in [-0.2, 0) is 4.79 Å². The van der Waals surface area contributed by atoms with Gasteiger partial charge in [0.25, 0.3) is 0 Å². The summed E-state index contributed by atoms with van der Waals surface area (Å²) in [6.07, 6.45) is 0. The number of hydrogen-bond acceptors (Lipinski definition) is 3. The van der Waals surface area contributed by atoms with Crippen LogP contribution in [0.25, 0.3) is 0 Å². The highest BCUT2D eigenvalue weighted by Gasteiger charge is 2.20. The lowest BCUT2D eigenvalue weighted by molar-refractivity contribution is -0.118. The Balaban J connectivity index is 0.00000200. The van der Waals surface area contributed by atoms with E-state index in [1.54, 1.807) is 0 Å². The van der Waals surface area contributed by atoms with Gasteiger partial charge < -0.3 is 10.6 Å². The average molecular weight is 298 g/mol. The summed E-state index contributed by atoms with van der Waals surface area (Å²) >= 11 is 0. The molecule has 2 N–H and O–H groups in total. The first kappa shape index (κ1) is 17.0. The van der Waals surface area contributed by atoms with Crippen LogP contribution in [0.5, 0.6) is 0 Å². The van der Waals surface area contributed by atoms with Crippen LogP contribution in [-0.4, -0.2) is 43.0 Å². The standard InChI is InChI=1S/C15H23N3O.ClH/c1-11-4-5-14(12(2)8-11)17-15(19)10-18-7-6-16-9-13(18)3;/h4-5,8,13,16H,6-7,9-10H2,1-3H3,(H,17,19);1H/t13-;/m0./s1. The summed E-state index contributed by atoms with van der Waals surface area (Å²) in [6.45, 7) is 9.54. The molecule has 1 aliphatic heterocycles. The second kappa shape index (κ2) is 7.62. The van der Waals surface area contributed by atoms with Crippen molar-refractivity contribution in [3.05, 3.63) is 29.3 Å². The molecule has 0 spiro atoms. The van der Waals surface area contributed by atoms with Gasteiger partial charge in [-0.1, -0.05) is 17.7 Å². The molecule has 1 saturated heterocycles. The number of halogens is 1. The molecule has 4 nitrogen and oxygen atoms in total. The summed E-state index contributed by atoms with van der Waals surface area (Å²) < 4.78 is 0. The Kier molecular flexibility index (Phi) is 6.46. The molecule has 1 aromatic rings. The lowest BCUT2D eigenvalue weighted by atomic mass is 10.1. The lowest BCUT2D eigenvalue weighted by Gasteiger charge is -2.33. The van der Waals surface area contributed by atoms with Crippen molar-refractivity contribution in [2.75, 3.05) is 31.5 Å². The van der Waals surface area contributed by atoms with E-state index in [0.717, 1.165) is 30.9 Å². The van der Waals surface area contributed by atoms with E-state index < -0.39 is 0 Å². The first-order valence-corrected chi connectivity index (χ1v) is 6.88. The molecule has 1 aromatic carbocycles. The number of benzene rings is 1. The third kappa shape index (κ3) is 4.47. The quantitative estimate of drug-likeness (QED) is 0.896. The predicted octanol–water partition coefficient (Wildman–Crippen LogP) is 1.96. The van der Waals surface area contributed by atoms with Gasteiger partial charge in [-0.05, 0) is 32.4 Å². The number of anilines is 1. The Hall–Kier alpha value is -1.10. The maximum absolute atomic E-state index is 12.1. The van der Waals surface area contributed by atoms with Gasteiger partial charge in [0, 0.05) is 31.4 Å². The molecule has 1 fully saturated rings. The van der Waals surface area contributed by atoms with Crippen molar-refractivity contribution in [2.45, 2.75) is 26.8 Å². The fraction of sp³-hybridized carbons (Fsp3) is 0.533. The Morgan fingerprint density at radius 3 is 2.85 bits per heavy atom. The molecule has 5 heteroatoms. The third-order valence-electron chi connectivity index (χ3n) is 3.64. The molecule has 0 saturated carbocycles. The SMILES string of the molecule is Cc1ccc(NC(=O)CN2CCNC[C@@H]2C)c(C)c1.Cl. The van der Waals surface area contributed by atoms with Crippen molar-refractivity contribution in [3.63, 3.8) is 0 Å². The summed E-state index contributed by atoms with van der Waals surface area (Å²) in [5, 5.41) is 6.33. The second-order valence-electron chi connectivity index (χ2n) is 5.39. The molecule has 1 amide bonds. The highest BCUT2D eigenvalue weighted by molar-refractivity contribution is 5.93. The van der Waals surface area contributed by atoms with Gasteiger partial charge in [-0.25, -0.2) is 0 Å². The monoisotopic (exact) mass is 297 g/mol. The lowest BCUT2D eigenvalue weighted by Crippen LogP contribution is -2.52. The highest BCUT2D eigenvalue weighted by atomic mass is 35.5. The van der Waals surface area contributed by atoms with Crippen LogP contribution in [0.1, 0.15) is 18.1 Å². The van der Waals surface area contributed by atoms with Gasteiger partial charge in [-0.3, -0.25) is 9.69 Å². The van der Waals surface area contributed by atoms with Gasteiger partial charge in [0.05, 0.1) is 6.54 Å². The first-order chi connectivity index (χ1) is 9.06. The van der Waals surface area contributed by atoms with Gasteiger partial charge in [0.1, 0.15) is 0 Å². The number of carbonyl (C=O) groups excluding carboxylic acids is 1. The Bertz CT molecular complexity index is 464. The van der Waals surface area contributed by atoms with Crippen molar-refractivity contribution in [1.29, 1.82) is 0 Å². The molecule has 2 rings (SSSR count). The summed E-state index contributed by atoms with van der Waals surface area (Å²) in [4.78, 5) is 14.3. The largest absolute Gasteiger partial charge is 0.325 e. The minimum absolute atomic E-state index is 0. The maximum Gasteiger partial charge on any atom is 0.238 e. The van der Waals surface area contributed by atoms with Gasteiger partial charge in [0.2, 0.25) is 5.91 Å². The zero-order chi connectivity index (χ0) is 13.8. The molecule has 0 bridgehead atoms. The molecular weight excluding hydrogens is 274 g/mol. The van der Waals surface area contributed by atoms with Crippen LogP contribution >= 0.6 is 12.4 Å². The van der Waals surface area contributed by atoms with Crippen molar-refractivity contribution in [3.8, 4) is 0 Å². The van der Waals surface area contributed by atoms with Crippen molar-refractivity contribution in [2.24, 2.45) is 0 Å². The van der Waals surface area contributed by atoms with Crippen molar-refractivity contribution >= 4 is 24.0 Å². The summed E-state index contributed by atoms with van der Waals surface area (Å²) in [6, 6.07) is 6.50. The minimum atomic E-state index is 0. The molecule has 20 heavy (non-hydrogen) atoms. The second-order valence-corrected chi connectivity index (χ2v) is 5.39. The number of amides is 1. The zero-order valence-electron chi connectivity index (χ0n) is 12.4. The fourth-order valence-corrected chi connectivity index (χ4v) is 2.45. The Morgan fingerprint density at radius 1 is 1.45 bits per heavy atom. The van der Waals surface area contributed by atoms with E-state index in [1.807, 2.05) is 19.1 Å². The smallest absolute Gasteiger partial charge is 0.238 e. The van der Waals surface area contributed by atoms with Crippen LogP contribution in [0.3, 0.4) is 0 Å². The van der Waals surface area contributed by atoms with Gasteiger partial charge in [-0.2, -0.15) is 0 Å². The fourth-order valence-electron chi connectivity index (χ4n) is 2.45. The number of piperazine rings is 1. The highest BCUT2D eigenvalue weighted by Crippen LogP contribution is 2.16. The third-order valence-corrected chi connectivity index (χ3v) is 3.64. The molecule has 0 unspecified atom stereocenters. The van der Waals surface area contributed by atoms with Gasteiger partial charge >= 0.3 is 0 Å². The average Bonchev–Trinajstić information content (AvgIpc) is 2.36. The molecule has 0 radical (unpaired) electrons. The minimum Gasteiger partial charge on any atom is -0.325 e. The van der Waals surface area contributed by atoms with E-state index in [1.165, 1.54) is 5.56 Å². The molecular formula is C15H24ClN3O. The molecule has 0 aliphatic carbocycles. The van der Waals surface area contributed by atoms with Crippen LogP contribution < -0.4 is 10.6 Å². The Labute approximate surface area is 127 Å². The van der Waals surface area contributed by atoms with E-state index in [4.69, 9.17) is 0 Å². The molecule has 1 atom stereocenters. The van der Waals surface area contributed by atoms with Crippen LogP contribution in [0.15, 0.2) is 18.2 Å². The number of nitrogens with zero attached hydrogens (tertiary/aromatic N) is 1. The molecule has 1 aliphatic rings. The zero-order valence-corrected chi connectivity index (χ0v) is 13.2. The number of nitrogens with one attached hydrogen (secondary N) is 2. The van der Waals surface area contributed by atoms with Crippen molar-refractivity contribution in [1.82, 2.24) is 10.2 Å². The van der Waals surface area contributed by atoms with E-state index in [0.29, 0.717) is 12.6 Å². The maximum atomic E-state index is 12.1. The van der Waals surface area contributed by atoms with Crippen LogP contribution in [0.2, 0.25) is 0 Å². The summed E-state index contributed by atoms with van der Waals surface area (Å²) in [7, 11) is 0. The predicted molar refractivity (Wildman–Crippen MR) is 85.7 cm³/mol. The number of hydrogen-bond donors (Lipinski definition) is 2. The van der Waals surface area contributed by atoms with Crippen LogP contribution in [0.4, 0.5) is 5.69 Å². The number of rotatable bonds is 3. The van der Waals surface area contributed by atoms with Gasteiger partial charge in [-0.15, -0.1) is 12.4 Å². The summed E-state index contributed by atoms with van der Waals surface area (Å²) in [5.41, 5.74) is 3.24. The number of carbonyl (C=O) groups is 1. The number of aryl methyl sites for hydroxylation is 2.